The Morgan fingerprint density at radius 2 is 1.76 bits per heavy atom. The first-order valence-electron chi connectivity index (χ1n) is 5.65. The van der Waals surface area contributed by atoms with Crippen LogP contribution in [-0.4, -0.2) is 20.0 Å². The first-order chi connectivity index (χ1) is 8.19. The topological polar surface area (TPSA) is 35.5 Å². The van der Waals surface area contributed by atoms with Crippen LogP contribution in [0.15, 0.2) is 18.7 Å². The van der Waals surface area contributed by atoms with Gasteiger partial charge in [0.15, 0.2) is 5.78 Å². The number of ketones is 1. The molecule has 3 nitrogen and oxygen atoms in total. The monoisotopic (exact) mass is 232 g/mol. The summed E-state index contributed by atoms with van der Waals surface area (Å²) in [5.41, 5.74) is 2.38. The van der Waals surface area contributed by atoms with Crippen LogP contribution in [0, 0.1) is 0 Å². The van der Waals surface area contributed by atoms with Crippen molar-refractivity contribution in [2.45, 2.75) is 19.3 Å². The van der Waals surface area contributed by atoms with E-state index in [9.17, 15) is 4.79 Å². The van der Waals surface area contributed by atoms with E-state index in [1.807, 2.05) is 12.1 Å². The third kappa shape index (κ3) is 1.93. The van der Waals surface area contributed by atoms with Crippen LogP contribution in [0.2, 0.25) is 0 Å². The average molecular weight is 232 g/mol. The van der Waals surface area contributed by atoms with Gasteiger partial charge in [-0.15, -0.1) is 0 Å². The Labute approximate surface area is 101 Å². The van der Waals surface area contributed by atoms with Gasteiger partial charge < -0.3 is 9.47 Å². The largest absolute Gasteiger partial charge is 0.496 e. The number of methoxy groups -OCH3 is 2. The molecule has 0 saturated heterocycles. The molecule has 0 radical (unpaired) electrons. The normalized spacial score (nSPS) is 15.2. The van der Waals surface area contributed by atoms with Crippen molar-refractivity contribution in [2.75, 3.05) is 14.2 Å². The van der Waals surface area contributed by atoms with Crippen LogP contribution in [0.5, 0.6) is 11.5 Å². The lowest BCUT2D eigenvalue weighted by molar-refractivity contribution is -0.113. The molecule has 0 heterocycles. The highest BCUT2D eigenvalue weighted by Gasteiger charge is 2.24. The van der Waals surface area contributed by atoms with E-state index in [2.05, 4.69) is 6.58 Å². The minimum Gasteiger partial charge on any atom is -0.496 e. The highest BCUT2D eigenvalue weighted by Crippen LogP contribution is 2.38. The lowest BCUT2D eigenvalue weighted by Crippen LogP contribution is -2.02. The van der Waals surface area contributed by atoms with E-state index in [4.69, 9.17) is 9.47 Å². The summed E-state index contributed by atoms with van der Waals surface area (Å²) in [6, 6.07) is 3.70. The predicted octanol–water partition coefficient (Wildman–Crippen LogP) is 2.62. The molecule has 0 saturated carbocycles. The van der Waals surface area contributed by atoms with Crippen molar-refractivity contribution < 1.29 is 14.3 Å². The highest BCUT2D eigenvalue weighted by atomic mass is 16.5. The average Bonchev–Trinajstić information content (AvgIpc) is 2.50. The molecule has 17 heavy (non-hydrogen) atoms. The molecule has 0 N–H and O–H groups in total. The summed E-state index contributed by atoms with van der Waals surface area (Å²) in [5, 5.41) is 0. The van der Waals surface area contributed by atoms with Gasteiger partial charge in [0.25, 0.3) is 0 Å². The Balaban J connectivity index is 2.66. The van der Waals surface area contributed by atoms with Crippen molar-refractivity contribution in [1.82, 2.24) is 0 Å². The van der Waals surface area contributed by atoms with E-state index in [-0.39, 0.29) is 5.78 Å². The van der Waals surface area contributed by atoms with Gasteiger partial charge in [-0.05, 0) is 25.0 Å². The molecule has 0 spiro atoms. The lowest BCUT2D eigenvalue weighted by Gasteiger charge is -2.15. The summed E-state index contributed by atoms with van der Waals surface area (Å²) in [7, 11) is 3.24. The van der Waals surface area contributed by atoms with E-state index < -0.39 is 0 Å². The lowest BCUT2D eigenvalue weighted by atomic mass is 9.97. The minimum absolute atomic E-state index is 0.0929. The zero-order valence-corrected chi connectivity index (χ0v) is 10.2. The Kier molecular flexibility index (Phi) is 3.18. The van der Waals surface area contributed by atoms with E-state index >= 15 is 0 Å². The number of allylic oxidation sites excluding steroid dienone is 1. The highest BCUT2D eigenvalue weighted by molar-refractivity contribution is 6.21. The second-order valence-corrected chi connectivity index (χ2v) is 4.08. The Hall–Kier alpha value is -1.77. The number of hydrogen-bond donors (Lipinski definition) is 0. The molecule has 0 aromatic heterocycles. The number of rotatable bonds is 2. The molecule has 1 aliphatic rings. The molecule has 3 heteroatoms. The van der Waals surface area contributed by atoms with Gasteiger partial charge in [0, 0.05) is 23.1 Å². The van der Waals surface area contributed by atoms with Crippen molar-refractivity contribution in [3.05, 3.63) is 29.8 Å². The zero-order valence-electron chi connectivity index (χ0n) is 10.2. The van der Waals surface area contributed by atoms with E-state index in [1.54, 1.807) is 14.2 Å². The van der Waals surface area contributed by atoms with Gasteiger partial charge in [-0.1, -0.05) is 6.58 Å². The van der Waals surface area contributed by atoms with E-state index in [0.29, 0.717) is 17.7 Å². The molecule has 2 rings (SSSR count). The molecule has 0 amide bonds. The first kappa shape index (κ1) is 11.7. The van der Waals surface area contributed by atoms with E-state index in [0.717, 1.165) is 29.7 Å². The summed E-state index contributed by atoms with van der Waals surface area (Å²) in [4.78, 5) is 11.8. The Bertz CT molecular complexity index is 475. The van der Waals surface area contributed by atoms with Crippen molar-refractivity contribution in [3.63, 3.8) is 0 Å². The summed E-state index contributed by atoms with van der Waals surface area (Å²) in [6.45, 7) is 3.90. The molecule has 90 valence electrons. The third-order valence-corrected chi connectivity index (χ3v) is 3.14. The van der Waals surface area contributed by atoms with Crippen molar-refractivity contribution in [1.29, 1.82) is 0 Å². The number of carbonyl (C=O) groups excluding carboxylic acids is 1. The molecule has 0 aliphatic heterocycles. The second-order valence-electron chi connectivity index (χ2n) is 4.08. The fourth-order valence-corrected chi connectivity index (χ4v) is 2.26. The van der Waals surface area contributed by atoms with Gasteiger partial charge in [0.1, 0.15) is 11.5 Å². The van der Waals surface area contributed by atoms with Gasteiger partial charge in [0.05, 0.1) is 14.2 Å². The number of hydrogen-bond acceptors (Lipinski definition) is 3. The molecular weight excluding hydrogens is 216 g/mol. The molecular formula is C14H16O3. The molecule has 1 aromatic carbocycles. The Morgan fingerprint density at radius 3 is 2.41 bits per heavy atom. The quantitative estimate of drug-likeness (QED) is 0.581. The maximum Gasteiger partial charge on any atom is 0.163 e. The predicted molar refractivity (Wildman–Crippen MR) is 66.5 cm³/mol. The summed E-state index contributed by atoms with van der Waals surface area (Å²) in [5.74, 6) is 1.59. The number of fused-ring (bicyclic) bond motifs is 1. The number of benzene rings is 1. The SMILES string of the molecule is C=C1C(=O)CCCc2c(OC)ccc(OC)c21. The fraction of sp³-hybridized carbons (Fsp3) is 0.357. The van der Waals surface area contributed by atoms with Gasteiger partial charge in [0.2, 0.25) is 0 Å². The molecule has 0 fully saturated rings. The maximum absolute atomic E-state index is 11.8. The fourth-order valence-electron chi connectivity index (χ4n) is 2.26. The van der Waals surface area contributed by atoms with Crippen LogP contribution in [-0.2, 0) is 11.2 Å². The second kappa shape index (κ2) is 4.62. The van der Waals surface area contributed by atoms with Crippen LogP contribution >= 0.6 is 0 Å². The third-order valence-electron chi connectivity index (χ3n) is 3.14. The van der Waals surface area contributed by atoms with Crippen LogP contribution in [0.25, 0.3) is 5.57 Å². The molecule has 0 atom stereocenters. The van der Waals surface area contributed by atoms with Crippen LogP contribution < -0.4 is 9.47 Å². The Morgan fingerprint density at radius 1 is 1.12 bits per heavy atom. The minimum atomic E-state index is 0.0929. The summed E-state index contributed by atoms with van der Waals surface area (Å²) >= 11 is 0. The maximum atomic E-state index is 11.8. The molecule has 0 bridgehead atoms. The smallest absolute Gasteiger partial charge is 0.163 e. The molecule has 1 aromatic rings. The zero-order chi connectivity index (χ0) is 12.4. The van der Waals surface area contributed by atoms with Crippen LogP contribution in [0.3, 0.4) is 0 Å². The molecule has 0 unspecified atom stereocenters. The van der Waals surface area contributed by atoms with Crippen molar-refractivity contribution in [3.8, 4) is 11.5 Å². The van der Waals surface area contributed by atoms with Crippen LogP contribution in [0.1, 0.15) is 24.0 Å². The summed E-state index contributed by atoms with van der Waals surface area (Å²) in [6.07, 6.45) is 2.19. The van der Waals surface area contributed by atoms with E-state index in [1.165, 1.54) is 0 Å². The van der Waals surface area contributed by atoms with Gasteiger partial charge >= 0.3 is 0 Å². The first-order valence-corrected chi connectivity index (χ1v) is 5.65. The standard InChI is InChI=1S/C14H16O3/c1-9-11(15)6-4-5-10-12(16-2)7-8-13(17-3)14(9)10/h7-8H,1,4-6H2,2-3H3. The number of ether oxygens (including phenoxy) is 2. The van der Waals surface area contributed by atoms with Crippen molar-refractivity contribution >= 4 is 11.4 Å². The van der Waals surface area contributed by atoms with Gasteiger partial charge in [-0.25, -0.2) is 0 Å². The summed E-state index contributed by atoms with van der Waals surface area (Å²) < 4.78 is 10.7. The van der Waals surface area contributed by atoms with Gasteiger partial charge in [-0.3, -0.25) is 4.79 Å². The molecule has 1 aliphatic carbocycles. The van der Waals surface area contributed by atoms with Crippen LogP contribution in [0.4, 0.5) is 0 Å². The number of carbonyl (C=O) groups is 1. The number of Topliss-reactive ketones (excluding diaryl/α,β-unsaturated/α-hetero) is 1. The van der Waals surface area contributed by atoms with Gasteiger partial charge in [-0.2, -0.15) is 0 Å². The van der Waals surface area contributed by atoms with Crippen molar-refractivity contribution in [2.24, 2.45) is 0 Å².